The topological polar surface area (TPSA) is 52.0 Å². The molecule has 0 saturated carbocycles. The summed E-state index contributed by atoms with van der Waals surface area (Å²) in [6.45, 7) is 7.13. The maximum atomic E-state index is 6.23. The molecule has 2 aliphatic carbocycles. The van der Waals surface area contributed by atoms with Gasteiger partial charge in [-0.2, -0.15) is 0 Å². The second-order valence-electron chi connectivity index (χ2n) is 15.0. The van der Waals surface area contributed by atoms with Gasteiger partial charge in [-0.3, -0.25) is 0 Å². The zero-order valence-electron chi connectivity index (χ0n) is 29.5. The number of nitrogens with two attached hydrogens (primary N) is 2. The lowest BCUT2D eigenvalue weighted by atomic mass is 9.72. The minimum atomic E-state index is -0.545. The smallest absolute Gasteiger partial charge is 0.0790 e. The number of hydrogen-bond donors (Lipinski definition) is 2. The van der Waals surface area contributed by atoms with Gasteiger partial charge in [0, 0.05) is 10.8 Å². The molecule has 248 valence electrons. The molecule has 7 aromatic carbocycles. The molecule has 7 aromatic rings. The molecule has 0 spiro atoms. The molecule has 51 heavy (non-hydrogen) atoms. The van der Waals surface area contributed by atoms with E-state index in [1.165, 1.54) is 72.0 Å². The first kappa shape index (κ1) is 31.4. The Kier molecular flexibility index (Phi) is 7.26. The van der Waals surface area contributed by atoms with Gasteiger partial charge in [0.15, 0.2) is 0 Å². The molecule has 9 rings (SSSR count). The summed E-state index contributed by atoms with van der Waals surface area (Å²) in [5.41, 5.74) is 30.0. The lowest BCUT2D eigenvalue weighted by molar-refractivity contribution is 0.661. The van der Waals surface area contributed by atoms with E-state index in [0.717, 1.165) is 23.1 Å². The van der Waals surface area contributed by atoms with Crippen LogP contribution in [0.1, 0.15) is 71.4 Å². The largest absolute Gasteiger partial charge is 0.312 e. The number of fused-ring (bicyclic) bond motifs is 7. The zero-order valence-corrected chi connectivity index (χ0v) is 29.5. The van der Waals surface area contributed by atoms with Crippen molar-refractivity contribution in [1.29, 1.82) is 0 Å². The first-order valence-corrected chi connectivity index (χ1v) is 18.0. The van der Waals surface area contributed by atoms with E-state index in [1.807, 2.05) is 12.1 Å². The minimum absolute atomic E-state index is 0.0589. The van der Waals surface area contributed by atoms with Crippen LogP contribution >= 0.6 is 0 Å². The van der Waals surface area contributed by atoms with Crippen molar-refractivity contribution in [3.8, 4) is 33.4 Å². The number of allylic oxidation sites excluding steroid dienone is 1. The summed E-state index contributed by atoms with van der Waals surface area (Å²) in [5.74, 6) is 0. The van der Waals surface area contributed by atoms with Crippen LogP contribution in [0.5, 0.6) is 0 Å². The van der Waals surface area contributed by atoms with Crippen LogP contribution in [-0.2, 0) is 17.3 Å². The summed E-state index contributed by atoms with van der Waals surface area (Å²) in [5, 5.41) is 2.59. The third kappa shape index (κ3) is 4.78. The van der Waals surface area contributed by atoms with Crippen LogP contribution in [0, 0.1) is 0 Å². The molecule has 0 radical (unpaired) electrons. The van der Waals surface area contributed by atoms with Gasteiger partial charge in [0.25, 0.3) is 0 Å². The highest BCUT2D eigenvalue weighted by molar-refractivity contribution is 5.96. The Balaban J connectivity index is 1.14. The van der Waals surface area contributed by atoms with Crippen LogP contribution in [0.3, 0.4) is 0 Å². The second-order valence-corrected chi connectivity index (χ2v) is 15.0. The third-order valence-corrected chi connectivity index (χ3v) is 11.7. The van der Waals surface area contributed by atoms with Gasteiger partial charge >= 0.3 is 0 Å². The van der Waals surface area contributed by atoms with Crippen LogP contribution < -0.4 is 11.5 Å². The SMILES string of the molecule is CC1(C)c2cc3ccccc3cc2-c2c(/C=C/Cc3cccc4c3C(C)(c3cccc(-c5ccccc5C(N)N)c3)c3ccccc3-4)cccc21. The highest BCUT2D eigenvalue weighted by atomic mass is 14.8. The molecule has 0 heterocycles. The molecule has 0 aliphatic heterocycles. The average molecular weight is 659 g/mol. The standard InChI is InChI=1S/C49H42N2/c1-48(2)43-27-13-17-31(45(43)41-29-33-14-4-5-15-34(33)30-44(41)48)16-10-18-32-19-12-25-39-38-23-8-9-26-42(38)49(3,46(32)39)36-21-11-20-35(28-36)37-22-6-7-24-40(37)47(50)51/h4-17,19-30,47H,18,50-51H2,1-3H3/b16-10+. The fourth-order valence-corrected chi connectivity index (χ4v) is 9.17. The van der Waals surface area contributed by atoms with E-state index in [9.17, 15) is 0 Å². The molecule has 4 N–H and O–H groups in total. The molecule has 1 unspecified atom stereocenters. The first-order valence-electron chi connectivity index (χ1n) is 18.0. The lowest BCUT2D eigenvalue weighted by Crippen LogP contribution is -2.24. The van der Waals surface area contributed by atoms with E-state index in [4.69, 9.17) is 11.5 Å². The van der Waals surface area contributed by atoms with E-state index in [2.05, 4.69) is 166 Å². The van der Waals surface area contributed by atoms with E-state index >= 15 is 0 Å². The maximum Gasteiger partial charge on any atom is 0.0790 e. The third-order valence-electron chi connectivity index (χ3n) is 11.7. The van der Waals surface area contributed by atoms with Gasteiger partial charge in [-0.25, -0.2) is 0 Å². The van der Waals surface area contributed by atoms with Gasteiger partial charge in [0.1, 0.15) is 0 Å². The van der Waals surface area contributed by atoms with Crippen molar-refractivity contribution in [2.45, 2.75) is 44.2 Å². The molecule has 0 saturated heterocycles. The fourth-order valence-electron chi connectivity index (χ4n) is 9.17. The van der Waals surface area contributed by atoms with Gasteiger partial charge < -0.3 is 11.5 Å². The van der Waals surface area contributed by atoms with Crippen molar-refractivity contribution < 1.29 is 0 Å². The highest BCUT2D eigenvalue weighted by Gasteiger charge is 2.42. The Morgan fingerprint density at radius 3 is 2.06 bits per heavy atom. The second kappa shape index (κ2) is 11.8. The quantitative estimate of drug-likeness (QED) is 0.175. The van der Waals surface area contributed by atoms with Gasteiger partial charge in [0.2, 0.25) is 0 Å². The van der Waals surface area contributed by atoms with Crippen molar-refractivity contribution >= 4 is 16.8 Å². The van der Waals surface area contributed by atoms with Crippen molar-refractivity contribution in [2.75, 3.05) is 0 Å². The molecule has 0 fully saturated rings. The Labute approximate surface area is 301 Å². The molecular weight excluding hydrogens is 617 g/mol. The molecule has 1 atom stereocenters. The summed E-state index contributed by atoms with van der Waals surface area (Å²) in [6.07, 6.45) is 5.01. The molecule has 2 nitrogen and oxygen atoms in total. The Bertz CT molecular complexity index is 2530. The average Bonchev–Trinajstić information content (AvgIpc) is 3.56. The molecule has 0 aromatic heterocycles. The number of benzene rings is 7. The van der Waals surface area contributed by atoms with Crippen molar-refractivity contribution in [3.63, 3.8) is 0 Å². The van der Waals surface area contributed by atoms with Crippen molar-refractivity contribution in [3.05, 3.63) is 196 Å². The normalized spacial score (nSPS) is 16.7. The predicted molar refractivity (Wildman–Crippen MR) is 215 cm³/mol. The zero-order chi connectivity index (χ0) is 34.9. The minimum Gasteiger partial charge on any atom is -0.312 e. The van der Waals surface area contributed by atoms with E-state index in [0.29, 0.717) is 0 Å². The van der Waals surface area contributed by atoms with Crippen molar-refractivity contribution in [1.82, 2.24) is 0 Å². The molecule has 2 aliphatic rings. The van der Waals surface area contributed by atoms with Gasteiger partial charge in [-0.05, 0) is 120 Å². The van der Waals surface area contributed by atoms with E-state index in [-0.39, 0.29) is 10.8 Å². The summed E-state index contributed by atoms with van der Waals surface area (Å²) in [7, 11) is 0. The summed E-state index contributed by atoms with van der Waals surface area (Å²) < 4.78 is 0. The van der Waals surface area contributed by atoms with Crippen molar-refractivity contribution in [2.24, 2.45) is 11.5 Å². The number of rotatable bonds is 6. The Hall–Kier alpha value is -5.54. The number of hydrogen-bond acceptors (Lipinski definition) is 2. The van der Waals surface area contributed by atoms with Crippen LogP contribution in [0.25, 0.3) is 50.2 Å². The monoisotopic (exact) mass is 658 g/mol. The van der Waals surface area contributed by atoms with Gasteiger partial charge in [0.05, 0.1) is 6.17 Å². The van der Waals surface area contributed by atoms with E-state index in [1.54, 1.807) is 0 Å². The Morgan fingerprint density at radius 2 is 1.24 bits per heavy atom. The first-order chi connectivity index (χ1) is 24.8. The Morgan fingerprint density at radius 1 is 0.569 bits per heavy atom. The molecule has 2 heteroatoms. The summed E-state index contributed by atoms with van der Waals surface area (Å²) in [6, 6.07) is 53.3. The maximum absolute atomic E-state index is 6.23. The van der Waals surface area contributed by atoms with Crippen LogP contribution in [0.4, 0.5) is 0 Å². The molecular formula is C49H42N2. The lowest BCUT2D eigenvalue weighted by Gasteiger charge is -2.31. The highest BCUT2D eigenvalue weighted by Crippen LogP contribution is 2.55. The fraction of sp³-hybridized carbons (Fsp3) is 0.143. The molecule has 0 bridgehead atoms. The van der Waals surface area contributed by atoms with E-state index < -0.39 is 6.17 Å². The van der Waals surface area contributed by atoms with Gasteiger partial charge in [-0.1, -0.05) is 153 Å². The van der Waals surface area contributed by atoms with Crippen LogP contribution in [0.15, 0.2) is 152 Å². The summed E-state index contributed by atoms with van der Waals surface area (Å²) >= 11 is 0. The summed E-state index contributed by atoms with van der Waals surface area (Å²) in [4.78, 5) is 0. The van der Waals surface area contributed by atoms with Crippen LogP contribution in [-0.4, -0.2) is 0 Å². The molecule has 0 amide bonds. The van der Waals surface area contributed by atoms with Crippen LogP contribution in [0.2, 0.25) is 0 Å². The predicted octanol–water partition coefficient (Wildman–Crippen LogP) is 11.3. The van der Waals surface area contributed by atoms with Gasteiger partial charge in [-0.15, -0.1) is 0 Å².